The number of rotatable bonds is 15. The maximum Gasteiger partial charge on any atom is 0.271 e. The number of hydrogen-bond donors (Lipinski definition) is 0. The second kappa shape index (κ2) is 15.8. The second-order valence-corrected chi connectivity index (χ2v) is 12.0. The maximum atomic E-state index is 14.7. The molecule has 1 aliphatic carbocycles. The summed E-state index contributed by atoms with van der Waals surface area (Å²) in [6.45, 7) is 2.18. The van der Waals surface area contributed by atoms with Crippen molar-refractivity contribution in [3.05, 3.63) is 118 Å². The number of alkyl halides is 3. The third-order valence-electron chi connectivity index (χ3n) is 7.59. The van der Waals surface area contributed by atoms with Crippen molar-refractivity contribution in [3.8, 4) is 5.75 Å². The minimum atomic E-state index is -3.05. The molecule has 0 fully saturated rings. The topological polar surface area (TPSA) is 12.5 Å². The average Bonchev–Trinajstić information content (AvgIpc) is 3.00. The summed E-state index contributed by atoms with van der Waals surface area (Å²) in [5.41, 5.74) is 3.22. The lowest BCUT2D eigenvalue weighted by Gasteiger charge is -2.30. The molecule has 3 aromatic rings. The lowest BCUT2D eigenvalue weighted by Crippen LogP contribution is -2.31. The maximum absolute atomic E-state index is 14.7. The Kier molecular flexibility index (Phi) is 12.2. The molecule has 0 aromatic heterocycles. The first kappa shape index (κ1) is 33.2. The minimum Gasteiger partial charge on any atom is -0.493 e. The van der Waals surface area contributed by atoms with Gasteiger partial charge in [-0.1, -0.05) is 78.4 Å². The smallest absolute Gasteiger partial charge is 0.271 e. The molecule has 4 rings (SSSR count). The SMILES string of the molecule is CSc1cc(OCCCN(Cc2cccc(C(C)(F)F)c2Cl)CC(C2=CCCC=C2)c2ccccc2)cc(F)c1CCF. The molecule has 0 spiro atoms. The molecule has 0 N–H and O–H groups in total. The Morgan fingerprint density at radius 2 is 1.86 bits per heavy atom. The van der Waals surface area contributed by atoms with Gasteiger partial charge in [-0.25, -0.2) is 13.2 Å². The van der Waals surface area contributed by atoms with Crippen molar-refractivity contribution in [1.29, 1.82) is 0 Å². The van der Waals surface area contributed by atoms with Crippen molar-refractivity contribution in [2.75, 3.05) is 32.6 Å². The summed E-state index contributed by atoms with van der Waals surface area (Å²) in [7, 11) is 0. The quantitative estimate of drug-likeness (QED) is 0.0941. The summed E-state index contributed by atoms with van der Waals surface area (Å²) in [5.74, 6) is -3.05. The zero-order valence-electron chi connectivity index (χ0n) is 24.6. The van der Waals surface area contributed by atoms with Gasteiger partial charge in [-0.15, -0.1) is 11.8 Å². The van der Waals surface area contributed by atoms with Crippen molar-refractivity contribution in [3.63, 3.8) is 0 Å². The third kappa shape index (κ3) is 9.13. The molecule has 0 radical (unpaired) electrons. The van der Waals surface area contributed by atoms with Gasteiger partial charge in [0, 0.05) is 61.0 Å². The van der Waals surface area contributed by atoms with Crippen LogP contribution in [0.2, 0.25) is 5.02 Å². The molecule has 230 valence electrons. The van der Waals surface area contributed by atoms with E-state index in [-0.39, 0.29) is 22.9 Å². The largest absolute Gasteiger partial charge is 0.493 e. The third-order valence-corrected chi connectivity index (χ3v) is 8.84. The van der Waals surface area contributed by atoms with Crippen LogP contribution in [0.3, 0.4) is 0 Å². The molecular formula is C35H38ClF4NOS. The van der Waals surface area contributed by atoms with E-state index in [4.69, 9.17) is 16.3 Å². The van der Waals surface area contributed by atoms with Gasteiger partial charge in [-0.05, 0) is 48.3 Å². The van der Waals surface area contributed by atoms with Crippen LogP contribution in [0.1, 0.15) is 54.4 Å². The molecule has 0 saturated carbocycles. The van der Waals surface area contributed by atoms with Gasteiger partial charge in [0.1, 0.15) is 11.6 Å². The molecule has 1 atom stereocenters. The number of ether oxygens (including phenoxy) is 1. The zero-order valence-corrected chi connectivity index (χ0v) is 26.2. The van der Waals surface area contributed by atoms with Crippen molar-refractivity contribution in [1.82, 2.24) is 4.90 Å². The summed E-state index contributed by atoms with van der Waals surface area (Å²) in [4.78, 5) is 2.89. The van der Waals surface area contributed by atoms with Crippen LogP contribution >= 0.6 is 23.4 Å². The van der Waals surface area contributed by atoms with Gasteiger partial charge < -0.3 is 4.74 Å². The van der Waals surface area contributed by atoms with Gasteiger partial charge in [-0.2, -0.15) is 0 Å². The number of allylic oxidation sites excluding steroid dienone is 3. The predicted octanol–water partition coefficient (Wildman–Crippen LogP) is 10.2. The minimum absolute atomic E-state index is 0.0270. The first-order chi connectivity index (χ1) is 20.7. The van der Waals surface area contributed by atoms with Crippen LogP contribution in [0.15, 0.2) is 89.4 Å². The number of halogens is 5. The van der Waals surface area contributed by atoms with Gasteiger partial charge in [0.15, 0.2) is 0 Å². The molecule has 1 aliphatic rings. The van der Waals surface area contributed by atoms with Crippen LogP contribution in [0.4, 0.5) is 17.6 Å². The summed E-state index contributed by atoms with van der Waals surface area (Å²) < 4.78 is 62.1. The van der Waals surface area contributed by atoms with E-state index in [9.17, 15) is 17.6 Å². The molecule has 0 saturated heterocycles. The molecule has 1 unspecified atom stereocenters. The van der Waals surface area contributed by atoms with Gasteiger partial charge in [-0.3, -0.25) is 9.29 Å². The highest BCUT2D eigenvalue weighted by atomic mass is 35.5. The summed E-state index contributed by atoms with van der Waals surface area (Å²) >= 11 is 7.90. The van der Waals surface area contributed by atoms with Gasteiger partial charge in [0.2, 0.25) is 0 Å². The number of nitrogens with zero attached hydrogens (tertiary/aromatic N) is 1. The van der Waals surface area contributed by atoms with Crippen molar-refractivity contribution in [2.45, 2.75) is 55.9 Å². The number of benzene rings is 3. The first-order valence-corrected chi connectivity index (χ1v) is 16.2. The number of hydrogen-bond acceptors (Lipinski definition) is 3. The fourth-order valence-electron chi connectivity index (χ4n) is 5.42. The van der Waals surface area contributed by atoms with Crippen molar-refractivity contribution >= 4 is 23.4 Å². The molecule has 0 aliphatic heterocycles. The lowest BCUT2D eigenvalue weighted by molar-refractivity contribution is 0.0174. The Bertz CT molecular complexity index is 1410. The summed E-state index contributed by atoms with van der Waals surface area (Å²) in [6, 6.07) is 18.1. The fourth-order valence-corrected chi connectivity index (χ4v) is 6.46. The first-order valence-electron chi connectivity index (χ1n) is 14.6. The highest BCUT2D eigenvalue weighted by Crippen LogP contribution is 2.36. The van der Waals surface area contributed by atoms with Gasteiger partial charge >= 0.3 is 0 Å². The summed E-state index contributed by atoms with van der Waals surface area (Å²) in [6.07, 6.45) is 11.1. The molecule has 0 bridgehead atoms. The fraction of sp³-hybridized carbons (Fsp3) is 0.371. The highest BCUT2D eigenvalue weighted by molar-refractivity contribution is 7.98. The second-order valence-electron chi connectivity index (χ2n) is 10.8. The Balaban J connectivity index is 1.55. The van der Waals surface area contributed by atoms with E-state index in [1.165, 1.54) is 35.0 Å². The molecule has 0 heterocycles. The van der Waals surface area contributed by atoms with Gasteiger partial charge in [0.05, 0.1) is 18.3 Å². The van der Waals surface area contributed by atoms with Crippen molar-refractivity contribution in [2.24, 2.45) is 0 Å². The van der Waals surface area contributed by atoms with E-state index in [0.717, 1.165) is 19.8 Å². The average molecular weight is 632 g/mol. The van der Waals surface area contributed by atoms with Gasteiger partial charge in [0.25, 0.3) is 5.92 Å². The molecule has 0 amide bonds. The van der Waals surface area contributed by atoms with Crippen LogP contribution in [-0.2, 0) is 18.9 Å². The van der Waals surface area contributed by atoms with E-state index >= 15 is 0 Å². The standard InChI is InChI=1S/C35H38ClF4NOS/c1-35(39,40)31-16-9-15-27(34(31)36)23-41(24-30(25-11-5-3-6-12-25)26-13-7-4-8-14-26)19-10-20-42-28-21-32(38)29(17-18-37)33(22-28)43-2/h3,5-7,9,11-16,21-22,30H,4,8,10,17-20,23-24H2,1-2H3. The monoisotopic (exact) mass is 631 g/mol. The Morgan fingerprint density at radius 3 is 2.53 bits per heavy atom. The highest BCUT2D eigenvalue weighted by Gasteiger charge is 2.29. The van der Waals surface area contributed by atoms with E-state index in [0.29, 0.717) is 54.4 Å². The van der Waals surface area contributed by atoms with E-state index in [1.54, 1.807) is 18.2 Å². The lowest BCUT2D eigenvalue weighted by atomic mass is 9.87. The van der Waals surface area contributed by atoms with E-state index in [2.05, 4.69) is 35.3 Å². The van der Waals surface area contributed by atoms with E-state index in [1.807, 2.05) is 24.5 Å². The zero-order chi connectivity index (χ0) is 30.8. The van der Waals surface area contributed by atoms with Crippen molar-refractivity contribution < 1.29 is 22.3 Å². The molecule has 3 aromatic carbocycles. The molecule has 43 heavy (non-hydrogen) atoms. The Morgan fingerprint density at radius 1 is 1.07 bits per heavy atom. The summed E-state index contributed by atoms with van der Waals surface area (Å²) in [5, 5.41) is 0.0812. The molecule has 8 heteroatoms. The number of thioether (sulfide) groups is 1. The van der Waals surface area contributed by atoms with Crippen LogP contribution < -0.4 is 4.74 Å². The Hall–Kier alpha value is -2.74. The van der Waals surface area contributed by atoms with Crippen LogP contribution in [0.5, 0.6) is 5.75 Å². The Labute approximate surface area is 261 Å². The predicted molar refractivity (Wildman–Crippen MR) is 170 cm³/mol. The molecule has 2 nitrogen and oxygen atoms in total. The van der Waals surface area contributed by atoms with Crippen LogP contribution in [0.25, 0.3) is 0 Å². The molecular weight excluding hydrogens is 594 g/mol. The normalized spacial score (nSPS) is 14.2. The van der Waals surface area contributed by atoms with Crippen LogP contribution in [-0.4, -0.2) is 37.5 Å². The van der Waals surface area contributed by atoms with Crippen LogP contribution in [0, 0.1) is 5.82 Å². The van der Waals surface area contributed by atoms with E-state index < -0.39 is 18.4 Å².